The summed E-state index contributed by atoms with van der Waals surface area (Å²) in [5, 5.41) is 9.05. The average molecular weight is 473 g/mol. The van der Waals surface area contributed by atoms with Crippen molar-refractivity contribution in [3.63, 3.8) is 0 Å². The Morgan fingerprint density at radius 3 is 2.26 bits per heavy atom. The second kappa shape index (κ2) is 10.0. The van der Waals surface area contributed by atoms with Crippen molar-refractivity contribution in [3.8, 4) is 5.75 Å². The third-order valence-electron chi connectivity index (χ3n) is 6.34. The number of hydrogen-bond acceptors (Lipinski definition) is 4. The minimum atomic E-state index is -0.905. The molecule has 3 aromatic carbocycles. The van der Waals surface area contributed by atoms with Crippen molar-refractivity contribution >= 4 is 29.2 Å². The van der Waals surface area contributed by atoms with E-state index >= 15 is 0 Å². The van der Waals surface area contributed by atoms with Gasteiger partial charge in [-0.2, -0.15) is 0 Å². The first-order chi connectivity index (χ1) is 16.8. The van der Waals surface area contributed by atoms with Gasteiger partial charge in [0.2, 0.25) is 5.91 Å². The average Bonchev–Trinajstić information content (AvgIpc) is 2.84. The molecule has 1 aliphatic heterocycles. The molecule has 1 heterocycles. The summed E-state index contributed by atoms with van der Waals surface area (Å²) in [5.74, 6) is -0.464. The standard InChI is InChI=1S/C28H28N2O5/c1-18-16-26(30(19(2)31)22-12-8-20(9-13-22)17-27(32)33)24-6-4-5-7-25(24)29(18)28(34)21-10-14-23(35-3)15-11-21/h4-15,18,26H,16-17H2,1-3H3,(H,32,33)/t18-,26+/m0/s1. The van der Waals surface area contributed by atoms with Gasteiger partial charge >= 0.3 is 5.97 Å². The highest BCUT2D eigenvalue weighted by Crippen LogP contribution is 2.42. The van der Waals surface area contributed by atoms with Crippen molar-refractivity contribution in [1.29, 1.82) is 0 Å². The van der Waals surface area contributed by atoms with Crippen LogP contribution in [0.3, 0.4) is 0 Å². The van der Waals surface area contributed by atoms with Gasteiger partial charge in [0.1, 0.15) is 5.75 Å². The van der Waals surface area contributed by atoms with Crippen molar-refractivity contribution < 1.29 is 24.2 Å². The maximum atomic E-state index is 13.5. The zero-order chi connectivity index (χ0) is 25.1. The van der Waals surface area contributed by atoms with Crippen LogP contribution in [0.4, 0.5) is 11.4 Å². The van der Waals surface area contributed by atoms with Crippen LogP contribution in [0, 0.1) is 0 Å². The SMILES string of the molecule is COc1ccc(C(=O)N2c3ccccc3[C@H](N(C(C)=O)c3ccc(CC(=O)O)cc3)C[C@@H]2C)cc1. The Balaban J connectivity index is 1.71. The number of hydrogen-bond donors (Lipinski definition) is 1. The van der Waals surface area contributed by atoms with Crippen molar-refractivity contribution in [3.05, 3.63) is 89.5 Å². The van der Waals surface area contributed by atoms with Crippen LogP contribution in [0.2, 0.25) is 0 Å². The Labute approximate surface area is 204 Å². The number of rotatable bonds is 6. The van der Waals surface area contributed by atoms with Crippen LogP contribution in [-0.2, 0) is 16.0 Å². The van der Waals surface area contributed by atoms with Crippen LogP contribution in [0.1, 0.15) is 47.8 Å². The summed E-state index contributed by atoms with van der Waals surface area (Å²) in [6.45, 7) is 3.51. The van der Waals surface area contributed by atoms with E-state index in [1.54, 1.807) is 65.4 Å². The monoisotopic (exact) mass is 472 g/mol. The molecule has 0 bridgehead atoms. The largest absolute Gasteiger partial charge is 0.497 e. The van der Waals surface area contributed by atoms with E-state index in [4.69, 9.17) is 9.84 Å². The Bertz CT molecular complexity index is 1240. The quantitative estimate of drug-likeness (QED) is 0.554. The molecule has 2 atom stereocenters. The predicted molar refractivity (Wildman–Crippen MR) is 134 cm³/mol. The van der Waals surface area contributed by atoms with Gasteiger partial charge in [0, 0.05) is 29.9 Å². The number of carboxylic acid groups (broad SMARTS) is 1. The lowest BCUT2D eigenvalue weighted by Gasteiger charge is -2.43. The Morgan fingerprint density at radius 1 is 1.00 bits per heavy atom. The van der Waals surface area contributed by atoms with E-state index in [1.807, 2.05) is 31.2 Å². The molecule has 0 aliphatic carbocycles. The highest BCUT2D eigenvalue weighted by molar-refractivity contribution is 6.07. The minimum absolute atomic E-state index is 0.0773. The Kier molecular flexibility index (Phi) is 6.87. The molecule has 0 saturated carbocycles. The molecule has 0 spiro atoms. The molecule has 0 aromatic heterocycles. The fourth-order valence-electron chi connectivity index (χ4n) is 4.74. The van der Waals surface area contributed by atoms with Gasteiger partial charge < -0.3 is 19.6 Å². The summed E-state index contributed by atoms with van der Waals surface area (Å²) < 4.78 is 5.21. The Hall–Kier alpha value is -4.13. The van der Waals surface area contributed by atoms with E-state index in [2.05, 4.69) is 0 Å². The second-order valence-electron chi connectivity index (χ2n) is 8.69. The van der Waals surface area contributed by atoms with Crippen molar-refractivity contribution in [1.82, 2.24) is 0 Å². The topological polar surface area (TPSA) is 87.2 Å². The molecule has 35 heavy (non-hydrogen) atoms. The summed E-state index contributed by atoms with van der Waals surface area (Å²) in [6.07, 6.45) is 0.474. The summed E-state index contributed by atoms with van der Waals surface area (Å²) in [5.41, 5.74) is 3.57. The molecule has 1 aliphatic rings. The van der Waals surface area contributed by atoms with E-state index < -0.39 is 5.97 Å². The first-order valence-electron chi connectivity index (χ1n) is 11.5. The van der Waals surface area contributed by atoms with Crippen LogP contribution in [-0.4, -0.2) is 36.0 Å². The third-order valence-corrected chi connectivity index (χ3v) is 6.34. The molecular weight excluding hydrogens is 444 g/mol. The van der Waals surface area contributed by atoms with Gasteiger partial charge in [-0.1, -0.05) is 30.3 Å². The van der Waals surface area contributed by atoms with Crippen molar-refractivity contribution in [2.24, 2.45) is 0 Å². The lowest BCUT2D eigenvalue weighted by molar-refractivity contribution is -0.136. The number of benzene rings is 3. The van der Waals surface area contributed by atoms with Crippen LogP contribution >= 0.6 is 0 Å². The summed E-state index contributed by atoms with van der Waals surface area (Å²) >= 11 is 0. The number of para-hydroxylation sites is 1. The van der Waals surface area contributed by atoms with E-state index in [9.17, 15) is 14.4 Å². The molecule has 7 nitrogen and oxygen atoms in total. The van der Waals surface area contributed by atoms with Gasteiger partial charge in [0.15, 0.2) is 0 Å². The van der Waals surface area contributed by atoms with Gasteiger partial charge in [0.25, 0.3) is 5.91 Å². The van der Waals surface area contributed by atoms with Gasteiger partial charge in [-0.3, -0.25) is 14.4 Å². The molecule has 0 unspecified atom stereocenters. The van der Waals surface area contributed by atoms with E-state index in [1.165, 1.54) is 6.92 Å². The zero-order valence-corrected chi connectivity index (χ0v) is 20.0. The number of methoxy groups -OCH3 is 1. The van der Waals surface area contributed by atoms with Gasteiger partial charge in [-0.15, -0.1) is 0 Å². The number of carboxylic acids is 1. The minimum Gasteiger partial charge on any atom is -0.497 e. The van der Waals surface area contributed by atoms with Gasteiger partial charge in [0.05, 0.1) is 19.6 Å². The first kappa shape index (κ1) is 24.0. The lowest BCUT2D eigenvalue weighted by atomic mass is 9.89. The molecule has 0 fully saturated rings. The highest BCUT2D eigenvalue weighted by Gasteiger charge is 2.38. The van der Waals surface area contributed by atoms with Gasteiger partial charge in [-0.25, -0.2) is 0 Å². The second-order valence-corrected chi connectivity index (χ2v) is 8.69. The van der Waals surface area contributed by atoms with Crippen LogP contribution in [0.25, 0.3) is 0 Å². The number of ether oxygens (including phenoxy) is 1. The molecule has 4 rings (SSSR count). The fourth-order valence-corrected chi connectivity index (χ4v) is 4.74. The highest BCUT2D eigenvalue weighted by atomic mass is 16.5. The molecule has 7 heteroatoms. The number of carbonyl (C=O) groups is 3. The molecule has 0 radical (unpaired) electrons. The normalized spacial score (nSPS) is 16.8. The summed E-state index contributed by atoms with van der Waals surface area (Å²) in [4.78, 5) is 41.0. The maximum absolute atomic E-state index is 13.5. The number of fused-ring (bicyclic) bond motifs is 1. The van der Waals surface area contributed by atoms with Crippen LogP contribution in [0.15, 0.2) is 72.8 Å². The number of carbonyl (C=O) groups excluding carboxylic acids is 2. The van der Waals surface area contributed by atoms with E-state index in [0.29, 0.717) is 29.0 Å². The summed E-state index contributed by atoms with van der Waals surface area (Å²) in [7, 11) is 1.58. The smallest absolute Gasteiger partial charge is 0.307 e. The predicted octanol–water partition coefficient (Wildman–Crippen LogP) is 4.86. The van der Waals surface area contributed by atoms with Crippen molar-refractivity contribution in [2.75, 3.05) is 16.9 Å². The first-order valence-corrected chi connectivity index (χ1v) is 11.5. The number of amides is 2. The fraction of sp³-hybridized carbons (Fsp3) is 0.250. The molecule has 180 valence electrons. The summed E-state index contributed by atoms with van der Waals surface area (Å²) in [6, 6.07) is 21.3. The molecular formula is C28H28N2O5. The van der Waals surface area contributed by atoms with E-state index in [-0.39, 0.29) is 30.3 Å². The lowest BCUT2D eigenvalue weighted by Crippen LogP contribution is -2.47. The third kappa shape index (κ3) is 4.89. The zero-order valence-electron chi connectivity index (χ0n) is 20.0. The van der Waals surface area contributed by atoms with E-state index in [0.717, 1.165) is 11.3 Å². The molecule has 1 N–H and O–H groups in total. The van der Waals surface area contributed by atoms with Crippen LogP contribution in [0.5, 0.6) is 5.75 Å². The molecule has 2 amide bonds. The molecule has 3 aromatic rings. The molecule has 0 saturated heterocycles. The number of aliphatic carboxylic acids is 1. The number of nitrogens with zero attached hydrogens (tertiary/aromatic N) is 2. The number of anilines is 2. The van der Waals surface area contributed by atoms with Crippen molar-refractivity contribution in [2.45, 2.75) is 38.8 Å². The maximum Gasteiger partial charge on any atom is 0.307 e. The van der Waals surface area contributed by atoms with Crippen LogP contribution < -0.4 is 14.5 Å². The van der Waals surface area contributed by atoms with Gasteiger partial charge in [-0.05, 0) is 66.9 Å². The Morgan fingerprint density at radius 2 is 1.66 bits per heavy atom.